The Hall–Kier alpha value is -2.07. The van der Waals surface area contributed by atoms with E-state index in [4.69, 9.17) is 4.74 Å². The van der Waals surface area contributed by atoms with Crippen LogP contribution in [0.1, 0.15) is 16.1 Å². The van der Waals surface area contributed by atoms with Crippen molar-refractivity contribution in [1.82, 2.24) is 10.3 Å². The monoisotopic (exact) mass is 467 g/mol. The molecule has 1 aliphatic heterocycles. The van der Waals surface area contributed by atoms with Crippen molar-refractivity contribution in [1.29, 1.82) is 0 Å². The summed E-state index contributed by atoms with van der Waals surface area (Å²) in [5.41, 5.74) is 2.15. The van der Waals surface area contributed by atoms with Gasteiger partial charge < -0.3 is 20.4 Å². The molecule has 2 aromatic heterocycles. The van der Waals surface area contributed by atoms with Gasteiger partial charge in [0.2, 0.25) is 5.91 Å². The van der Waals surface area contributed by atoms with Crippen LogP contribution in [0.25, 0.3) is 10.2 Å². The van der Waals surface area contributed by atoms with Crippen LogP contribution in [0.5, 0.6) is 5.75 Å². The number of nitrogens with one attached hydrogen (secondary N) is 3. The number of methoxy groups -OCH3 is 1. The van der Waals surface area contributed by atoms with E-state index in [-0.39, 0.29) is 11.8 Å². The van der Waals surface area contributed by atoms with Crippen LogP contribution in [-0.2, 0) is 11.2 Å². The van der Waals surface area contributed by atoms with Gasteiger partial charge in [0.25, 0.3) is 5.91 Å². The van der Waals surface area contributed by atoms with E-state index in [0.717, 1.165) is 30.1 Å². The topological polar surface area (TPSA) is 83.2 Å². The first-order valence-corrected chi connectivity index (χ1v) is 9.49. The van der Waals surface area contributed by atoms with Crippen LogP contribution in [0.4, 0.5) is 5.69 Å². The van der Waals surface area contributed by atoms with Gasteiger partial charge in [-0.25, -0.2) is 0 Å². The van der Waals surface area contributed by atoms with Gasteiger partial charge in [0.05, 0.1) is 9.99 Å². The Kier molecular flexibility index (Phi) is 4.16. The highest BCUT2D eigenvalue weighted by Gasteiger charge is 2.28. The zero-order chi connectivity index (χ0) is 17.6. The molecular formula is C17H14IN3O3S. The Morgan fingerprint density at radius 1 is 1.36 bits per heavy atom. The summed E-state index contributed by atoms with van der Waals surface area (Å²) in [6.45, 7) is 0. The van der Waals surface area contributed by atoms with Crippen LogP contribution in [-0.4, -0.2) is 29.9 Å². The molecule has 1 aromatic carbocycles. The van der Waals surface area contributed by atoms with E-state index in [9.17, 15) is 9.59 Å². The van der Waals surface area contributed by atoms with Gasteiger partial charge >= 0.3 is 0 Å². The van der Waals surface area contributed by atoms with Crippen molar-refractivity contribution < 1.29 is 14.3 Å². The molecule has 0 saturated heterocycles. The Morgan fingerprint density at radius 3 is 2.96 bits per heavy atom. The molecule has 0 aliphatic carbocycles. The summed E-state index contributed by atoms with van der Waals surface area (Å²) >= 11 is 3.84. The summed E-state index contributed by atoms with van der Waals surface area (Å²) in [6, 6.07) is 8.69. The fourth-order valence-corrected chi connectivity index (χ4v) is 4.66. The number of halogens is 1. The lowest BCUT2D eigenvalue weighted by atomic mass is 9.98. The number of hydrogen-bond donors (Lipinski definition) is 3. The second-order valence-electron chi connectivity index (χ2n) is 5.76. The van der Waals surface area contributed by atoms with Gasteiger partial charge in [0.1, 0.15) is 22.3 Å². The molecule has 3 heterocycles. The number of amides is 2. The first-order chi connectivity index (χ1) is 12.0. The minimum absolute atomic E-state index is 0.214. The molecule has 6 nitrogen and oxygen atoms in total. The fourth-order valence-electron chi connectivity index (χ4n) is 2.89. The molecule has 3 aromatic rings. The third kappa shape index (κ3) is 3.11. The van der Waals surface area contributed by atoms with E-state index in [1.54, 1.807) is 30.6 Å². The number of benzene rings is 1. The van der Waals surface area contributed by atoms with Crippen molar-refractivity contribution in [3.8, 4) is 5.75 Å². The van der Waals surface area contributed by atoms with Crippen LogP contribution < -0.4 is 15.4 Å². The number of H-pyrrole nitrogens is 1. The summed E-state index contributed by atoms with van der Waals surface area (Å²) in [7, 11) is 1.60. The van der Waals surface area contributed by atoms with Crippen LogP contribution in [0.3, 0.4) is 0 Å². The molecule has 0 radical (unpaired) electrons. The lowest BCUT2D eigenvalue weighted by molar-refractivity contribution is -0.118. The number of anilines is 1. The Bertz CT molecular complexity index is 963. The SMILES string of the molecule is COc1ccc2c(c1)CC(NC(=O)c1cc3cc(I)sc3[nH]1)C(=O)N2. The van der Waals surface area contributed by atoms with E-state index in [1.165, 1.54) is 0 Å². The molecule has 1 atom stereocenters. The predicted molar refractivity (Wildman–Crippen MR) is 105 cm³/mol. The molecule has 128 valence electrons. The number of thiophene rings is 1. The molecule has 0 bridgehead atoms. The highest BCUT2D eigenvalue weighted by Crippen LogP contribution is 2.28. The minimum atomic E-state index is -0.617. The lowest BCUT2D eigenvalue weighted by Gasteiger charge is -2.25. The number of aromatic amines is 1. The van der Waals surface area contributed by atoms with Crippen molar-refractivity contribution in [2.75, 3.05) is 12.4 Å². The van der Waals surface area contributed by atoms with Gasteiger partial charge in [-0.1, -0.05) is 0 Å². The zero-order valence-corrected chi connectivity index (χ0v) is 16.2. The van der Waals surface area contributed by atoms with Crippen molar-refractivity contribution in [3.63, 3.8) is 0 Å². The number of carbonyl (C=O) groups excluding carboxylic acids is 2. The second kappa shape index (κ2) is 6.34. The largest absolute Gasteiger partial charge is 0.497 e. The average molecular weight is 467 g/mol. The first kappa shape index (κ1) is 16.4. The first-order valence-electron chi connectivity index (χ1n) is 7.60. The number of fused-ring (bicyclic) bond motifs is 2. The Labute approximate surface area is 161 Å². The van der Waals surface area contributed by atoms with E-state index < -0.39 is 6.04 Å². The predicted octanol–water partition coefficient (Wildman–Crippen LogP) is 3.14. The molecule has 1 unspecified atom stereocenters. The van der Waals surface area contributed by atoms with Gasteiger partial charge in [-0.05, 0) is 58.5 Å². The molecule has 0 fully saturated rings. The van der Waals surface area contributed by atoms with E-state index in [0.29, 0.717) is 12.1 Å². The van der Waals surface area contributed by atoms with Crippen LogP contribution >= 0.6 is 33.9 Å². The molecule has 4 rings (SSSR count). The number of ether oxygens (including phenoxy) is 1. The number of carbonyl (C=O) groups is 2. The maximum absolute atomic E-state index is 12.5. The lowest BCUT2D eigenvalue weighted by Crippen LogP contribution is -2.47. The number of rotatable bonds is 3. The fraction of sp³-hybridized carbons (Fsp3) is 0.176. The van der Waals surface area contributed by atoms with Gasteiger partial charge in [-0.15, -0.1) is 11.3 Å². The molecular weight excluding hydrogens is 453 g/mol. The van der Waals surface area contributed by atoms with Gasteiger partial charge in [0, 0.05) is 17.5 Å². The summed E-state index contributed by atoms with van der Waals surface area (Å²) in [5.74, 6) is 0.220. The molecule has 25 heavy (non-hydrogen) atoms. The molecule has 1 aliphatic rings. The third-order valence-corrected chi connectivity index (χ3v) is 5.97. The standard InChI is InChI=1S/C17H14IN3O3S/c1-24-10-2-3-11-8(4-10)5-12(15(22)19-11)20-16(23)13-6-9-7-14(18)25-17(9)21-13/h2-4,6-7,12,21H,5H2,1H3,(H,19,22)(H,20,23). The van der Waals surface area contributed by atoms with Crippen LogP contribution in [0, 0.1) is 2.88 Å². The summed E-state index contributed by atoms with van der Waals surface area (Å²) in [6.07, 6.45) is 0.428. The quantitative estimate of drug-likeness (QED) is 0.518. The Balaban J connectivity index is 1.53. The van der Waals surface area contributed by atoms with Gasteiger partial charge in [-0.2, -0.15) is 0 Å². The summed E-state index contributed by atoms with van der Waals surface area (Å²) < 4.78 is 6.38. The van der Waals surface area contributed by atoms with Crippen molar-refractivity contribution >= 4 is 61.6 Å². The summed E-state index contributed by atoms with van der Waals surface area (Å²) in [4.78, 5) is 28.8. The third-order valence-electron chi connectivity index (χ3n) is 4.14. The average Bonchev–Trinajstić information content (AvgIpc) is 3.12. The maximum atomic E-state index is 12.5. The van der Waals surface area contributed by atoms with Gasteiger partial charge in [0.15, 0.2) is 0 Å². The van der Waals surface area contributed by atoms with E-state index in [1.807, 2.05) is 18.2 Å². The van der Waals surface area contributed by atoms with Crippen molar-refractivity contribution in [2.24, 2.45) is 0 Å². The highest BCUT2D eigenvalue weighted by atomic mass is 127. The maximum Gasteiger partial charge on any atom is 0.268 e. The van der Waals surface area contributed by atoms with Crippen molar-refractivity contribution in [3.05, 3.63) is 44.5 Å². The summed E-state index contributed by atoms with van der Waals surface area (Å²) in [5, 5.41) is 6.64. The zero-order valence-electron chi connectivity index (χ0n) is 13.2. The normalized spacial score (nSPS) is 16.4. The van der Waals surface area contributed by atoms with E-state index >= 15 is 0 Å². The smallest absolute Gasteiger partial charge is 0.268 e. The minimum Gasteiger partial charge on any atom is -0.497 e. The molecule has 0 spiro atoms. The Morgan fingerprint density at radius 2 is 2.20 bits per heavy atom. The molecule has 2 amide bonds. The van der Waals surface area contributed by atoms with Crippen molar-refractivity contribution in [2.45, 2.75) is 12.5 Å². The van der Waals surface area contributed by atoms with E-state index in [2.05, 4.69) is 38.2 Å². The van der Waals surface area contributed by atoms with Crippen LogP contribution in [0.2, 0.25) is 0 Å². The molecule has 8 heteroatoms. The molecule has 0 saturated carbocycles. The second-order valence-corrected chi connectivity index (χ2v) is 8.71. The molecule has 3 N–H and O–H groups in total. The highest BCUT2D eigenvalue weighted by molar-refractivity contribution is 14.1. The van der Waals surface area contributed by atoms with Crippen LogP contribution in [0.15, 0.2) is 30.3 Å². The number of hydrogen-bond acceptors (Lipinski definition) is 4. The number of aromatic nitrogens is 1. The van der Waals surface area contributed by atoms with Gasteiger partial charge in [-0.3, -0.25) is 9.59 Å².